The van der Waals surface area contributed by atoms with Gasteiger partial charge in [0.2, 0.25) is 0 Å². The highest BCUT2D eigenvalue weighted by Gasteiger charge is 2.31. The van der Waals surface area contributed by atoms with Crippen molar-refractivity contribution >= 4 is 11.8 Å². The van der Waals surface area contributed by atoms with Gasteiger partial charge in [-0.15, -0.1) is 0 Å². The SMILES string of the molecule is CCOc1ccc(C)cc1C(=O)C(C)N1CCCC(C(=O)O)C1. The molecule has 1 heterocycles. The molecule has 1 aromatic rings. The number of nitrogens with zero attached hydrogens (tertiary/aromatic N) is 1. The number of likely N-dealkylation sites (tertiary alicyclic amines) is 1. The molecule has 1 saturated heterocycles. The second-order valence-corrected chi connectivity index (χ2v) is 6.15. The van der Waals surface area contributed by atoms with E-state index in [0.29, 0.717) is 30.9 Å². The molecule has 2 atom stereocenters. The highest BCUT2D eigenvalue weighted by molar-refractivity contribution is 6.02. The number of carboxylic acids is 1. The molecule has 0 spiro atoms. The summed E-state index contributed by atoms with van der Waals surface area (Å²) in [6.07, 6.45) is 1.49. The standard InChI is InChI=1S/C18H25NO4/c1-4-23-16-8-7-12(2)10-15(16)17(20)13(3)19-9-5-6-14(11-19)18(21)22/h7-8,10,13-14H,4-6,9,11H2,1-3H3,(H,21,22). The Balaban J connectivity index is 2.19. The Kier molecular flexibility index (Phi) is 5.77. The first-order valence-electron chi connectivity index (χ1n) is 8.18. The molecule has 2 rings (SSSR count). The number of rotatable bonds is 6. The van der Waals surface area contributed by atoms with E-state index in [4.69, 9.17) is 4.74 Å². The molecule has 5 nitrogen and oxygen atoms in total. The van der Waals surface area contributed by atoms with Crippen molar-refractivity contribution in [3.63, 3.8) is 0 Å². The molecule has 1 aliphatic rings. The largest absolute Gasteiger partial charge is 0.493 e. The van der Waals surface area contributed by atoms with Crippen LogP contribution in [0.25, 0.3) is 0 Å². The van der Waals surface area contributed by atoms with E-state index in [1.165, 1.54) is 0 Å². The Labute approximate surface area is 137 Å². The average molecular weight is 319 g/mol. The molecule has 23 heavy (non-hydrogen) atoms. The maximum Gasteiger partial charge on any atom is 0.307 e. The maximum absolute atomic E-state index is 12.9. The van der Waals surface area contributed by atoms with Crippen LogP contribution in [0, 0.1) is 12.8 Å². The van der Waals surface area contributed by atoms with Gasteiger partial charge in [-0.05, 0) is 52.3 Å². The predicted molar refractivity (Wildman–Crippen MR) is 88.1 cm³/mol. The maximum atomic E-state index is 12.9. The lowest BCUT2D eigenvalue weighted by molar-refractivity contribution is -0.143. The lowest BCUT2D eigenvalue weighted by atomic mass is 9.94. The van der Waals surface area contributed by atoms with Crippen LogP contribution in [-0.4, -0.2) is 47.5 Å². The minimum Gasteiger partial charge on any atom is -0.493 e. The minimum absolute atomic E-state index is 0.0109. The lowest BCUT2D eigenvalue weighted by Gasteiger charge is -2.34. The number of ether oxygens (including phenoxy) is 1. The molecule has 5 heteroatoms. The van der Waals surface area contributed by atoms with Crippen LogP contribution in [0.4, 0.5) is 0 Å². The molecule has 0 saturated carbocycles. The summed E-state index contributed by atoms with van der Waals surface area (Å²) in [7, 11) is 0. The summed E-state index contributed by atoms with van der Waals surface area (Å²) in [6, 6.07) is 5.25. The fraction of sp³-hybridized carbons (Fsp3) is 0.556. The molecular weight excluding hydrogens is 294 g/mol. The lowest BCUT2D eigenvalue weighted by Crippen LogP contribution is -2.46. The molecule has 1 aliphatic heterocycles. The molecular formula is C18H25NO4. The quantitative estimate of drug-likeness (QED) is 0.817. The summed E-state index contributed by atoms with van der Waals surface area (Å²) in [4.78, 5) is 26.1. The first-order valence-corrected chi connectivity index (χ1v) is 8.18. The normalized spacial score (nSPS) is 20.0. The zero-order chi connectivity index (χ0) is 17.0. The molecule has 1 N–H and O–H groups in total. The summed E-state index contributed by atoms with van der Waals surface area (Å²) in [6.45, 7) is 7.37. The summed E-state index contributed by atoms with van der Waals surface area (Å²) in [5.41, 5.74) is 1.59. The number of ketones is 1. The van der Waals surface area contributed by atoms with E-state index in [1.54, 1.807) is 0 Å². The highest BCUT2D eigenvalue weighted by Crippen LogP contribution is 2.25. The van der Waals surface area contributed by atoms with Crippen molar-refractivity contribution in [3.05, 3.63) is 29.3 Å². The first-order chi connectivity index (χ1) is 10.9. The van der Waals surface area contributed by atoms with E-state index in [1.807, 2.05) is 43.9 Å². The fourth-order valence-electron chi connectivity index (χ4n) is 3.07. The molecule has 0 aromatic heterocycles. The van der Waals surface area contributed by atoms with Gasteiger partial charge in [0.05, 0.1) is 24.1 Å². The first kappa shape index (κ1) is 17.5. The Morgan fingerprint density at radius 2 is 2.17 bits per heavy atom. The molecule has 0 bridgehead atoms. The van der Waals surface area contributed by atoms with Crippen LogP contribution in [0.3, 0.4) is 0 Å². The van der Waals surface area contributed by atoms with Gasteiger partial charge in [0, 0.05) is 6.54 Å². The van der Waals surface area contributed by atoms with E-state index in [-0.39, 0.29) is 17.7 Å². The van der Waals surface area contributed by atoms with Crippen molar-refractivity contribution in [2.75, 3.05) is 19.7 Å². The third-order valence-electron chi connectivity index (χ3n) is 4.43. The zero-order valence-electron chi connectivity index (χ0n) is 14.0. The van der Waals surface area contributed by atoms with Crippen molar-refractivity contribution in [1.29, 1.82) is 0 Å². The van der Waals surface area contributed by atoms with Gasteiger partial charge < -0.3 is 9.84 Å². The number of carbonyl (C=O) groups excluding carboxylic acids is 1. The van der Waals surface area contributed by atoms with Gasteiger partial charge in [0.15, 0.2) is 5.78 Å². The van der Waals surface area contributed by atoms with Crippen LogP contribution < -0.4 is 4.74 Å². The number of aliphatic carboxylic acids is 1. The number of hydrogen-bond donors (Lipinski definition) is 1. The number of aryl methyl sites for hydroxylation is 1. The van der Waals surface area contributed by atoms with Crippen molar-refractivity contribution in [1.82, 2.24) is 4.90 Å². The summed E-state index contributed by atoms with van der Waals surface area (Å²) in [5.74, 6) is -0.576. The van der Waals surface area contributed by atoms with E-state index in [2.05, 4.69) is 0 Å². The van der Waals surface area contributed by atoms with Crippen LogP contribution in [0.5, 0.6) is 5.75 Å². The zero-order valence-corrected chi connectivity index (χ0v) is 14.0. The third kappa shape index (κ3) is 4.10. The van der Waals surface area contributed by atoms with Gasteiger partial charge in [-0.25, -0.2) is 0 Å². The molecule has 1 aromatic carbocycles. The molecule has 126 valence electrons. The van der Waals surface area contributed by atoms with E-state index in [9.17, 15) is 14.7 Å². The molecule has 0 amide bonds. The van der Waals surface area contributed by atoms with E-state index < -0.39 is 5.97 Å². The van der Waals surface area contributed by atoms with Gasteiger partial charge in [-0.3, -0.25) is 14.5 Å². The van der Waals surface area contributed by atoms with Crippen molar-refractivity contribution in [2.24, 2.45) is 5.92 Å². The smallest absolute Gasteiger partial charge is 0.307 e. The van der Waals surface area contributed by atoms with Gasteiger partial charge in [0.1, 0.15) is 5.75 Å². The Bertz CT molecular complexity index is 584. The fourth-order valence-corrected chi connectivity index (χ4v) is 3.07. The number of piperidine rings is 1. The number of hydrogen-bond acceptors (Lipinski definition) is 4. The Morgan fingerprint density at radius 1 is 1.43 bits per heavy atom. The van der Waals surface area contributed by atoms with Crippen LogP contribution in [0.1, 0.15) is 42.6 Å². The van der Waals surface area contributed by atoms with Crippen LogP contribution >= 0.6 is 0 Å². The number of benzene rings is 1. The van der Waals surface area contributed by atoms with Gasteiger partial charge >= 0.3 is 5.97 Å². The predicted octanol–water partition coefficient (Wildman–Crippen LogP) is 2.76. The van der Waals surface area contributed by atoms with Gasteiger partial charge in [-0.1, -0.05) is 11.6 Å². The van der Waals surface area contributed by atoms with Crippen molar-refractivity contribution in [2.45, 2.75) is 39.7 Å². The van der Waals surface area contributed by atoms with E-state index >= 15 is 0 Å². The molecule has 0 aliphatic carbocycles. The number of Topliss-reactive ketones (excluding diaryl/α,β-unsaturated/α-hetero) is 1. The second-order valence-electron chi connectivity index (χ2n) is 6.15. The Morgan fingerprint density at radius 3 is 2.83 bits per heavy atom. The summed E-state index contributed by atoms with van der Waals surface area (Å²) < 4.78 is 5.58. The van der Waals surface area contributed by atoms with Crippen LogP contribution in [-0.2, 0) is 4.79 Å². The molecule has 2 unspecified atom stereocenters. The van der Waals surface area contributed by atoms with Gasteiger partial charge in [0.25, 0.3) is 0 Å². The van der Waals surface area contributed by atoms with E-state index in [0.717, 1.165) is 18.5 Å². The molecule has 0 radical (unpaired) electrons. The summed E-state index contributed by atoms with van der Waals surface area (Å²) in [5, 5.41) is 9.21. The molecule has 1 fully saturated rings. The van der Waals surface area contributed by atoms with Crippen LogP contribution in [0.2, 0.25) is 0 Å². The summed E-state index contributed by atoms with van der Waals surface area (Å²) >= 11 is 0. The van der Waals surface area contributed by atoms with Crippen LogP contribution in [0.15, 0.2) is 18.2 Å². The second kappa shape index (κ2) is 7.59. The highest BCUT2D eigenvalue weighted by atomic mass is 16.5. The minimum atomic E-state index is -0.778. The van der Waals surface area contributed by atoms with Crippen molar-refractivity contribution < 1.29 is 19.4 Å². The average Bonchev–Trinajstić information content (AvgIpc) is 2.55. The topological polar surface area (TPSA) is 66.8 Å². The number of carbonyl (C=O) groups is 2. The van der Waals surface area contributed by atoms with Gasteiger partial charge in [-0.2, -0.15) is 0 Å². The Hall–Kier alpha value is -1.88. The monoisotopic (exact) mass is 319 g/mol. The number of carboxylic acid groups (broad SMARTS) is 1. The third-order valence-corrected chi connectivity index (χ3v) is 4.43. The van der Waals surface area contributed by atoms with Crippen molar-refractivity contribution in [3.8, 4) is 5.75 Å².